The van der Waals surface area contributed by atoms with E-state index in [2.05, 4.69) is 43.5 Å². The van der Waals surface area contributed by atoms with Gasteiger partial charge in [-0.3, -0.25) is 9.59 Å². The van der Waals surface area contributed by atoms with Gasteiger partial charge in [0.25, 0.3) is 0 Å². The van der Waals surface area contributed by atoms with Gasteiger partial charge < -0.3 is 20.3 Å². The van der Waals surface area contributed by atoms with E-state index in [0.717, 1.165) is 77.0 Å². The lowest BCUT2D eigenvalue weighted by Gasteiger charge is -2.22. The molecule has 6 nitrogen and oxygen atoms in total. The Morgan fingerprint density at radius 2 is 0.810 bits per heavy atom. The van der Waals surface area contributed by atoms with Crippen LogP contribution in [0.15, 0.2) is 24.3 Å². The molecule has 0 aliphatic heterocycles. The van der Waals surface area contributed by atoms with Crippen LogP contribution in [0.2, 0.25) is 0 Å². The molecule has 0 radical (unpaired) electrons. The lowest BCUT2D eigenvalue weighted by atomic mass is 10.0. The van der Waals surface area contributed by atoms with Gasteiger partial charge in [0.05, 0.1) is 25.4 Å². The van der Waals surface area contributed by atoms with Gasteiger partial charge in [-0.05, 0) is 83.5 Å². The highest BCUT2D eigenvalue weighted by molar-refractivity contribution is 5.76. The molecule has 2 unspecified atom stereocenters. The van der Waals surface area contributed by atoms with E-state index >= 15 is 0 Å². The third kappa shape index (κ3) is 43.9. The van der Waals surface area contributed by atoms with E-state index in [0.29, 0.717) is 25.9 Å². The lowest BCUT2D eigenvalue weighted by molar-refractivity contribution is -0.143. The number of carbonyl (C=O) groups is 2. The molecule has 2 atom stereocenters. The molecule has 0 aliphatic carbocycles. The highest BCUT2D eigenvalue weighted by Gasteiger charge is 2.20. The summed E-state index contributed by atoms with van der Waals surface area (Å²) in [6.07, 6.45) is 55.7. The first-order valence-electron chi connectivity index (χ1n) is 25.6. The number of unbranched alkanes of at least 4 members (excludes halogenated alkanes) is 32. The Morgan fingerprint density at radius 3 is 1.22 bits per heavy atom. The van der Waals surface area contributed by atoms with E-state index in [-0.39, 0.29) is 18.5 Å². The summed E-state index contributed by atoms with van der Waals surface area (Å²) in [5, 5.41) is 23.2. The van der Waals surface area contributed by atoms with E-state index in [1.165, 1.54) is 161 Å². The molecule has 0 aromatic heterocycles. The zero-order chi connectivity index (χ0) is 42.3. The molecule has 0 saturated carbocycles. The quantitative estimate of drug-likeness (QED) is 0.0323. The van der Waals surface area contributed by atoms with E-state index < -0.39 is 12.1 Å². The van der Waals surface area contributed by atoms with Gasteiger partial charge in [-0.1, -0.05) is 199 Å². The van der Waals surface area contributed by atoms with Crippen molar-refractivity contribution in [1.29, 1.82) is 0 Å². The number of allylic oxidation sites excluding steroid dienone is 4. The van der Waals surface area contributed by atoms with Crippen LogP contribution in [0.1, 0.15) is 271 Å². The second kappa shape index (κ2) is 48.0. The highest BCUT2D eigenvalue weighted by atomic mass is 16.5. The number of esters is 1. The molecule has 0 spiro atoms. The Morgan fingerprint density at radius 1 is 0.466 bits per heavy atom. The third-order valence-corrected chi connectivity index (χ3v) is 11.7. The molecular weight excluding hydrogens is 719 g/mol. The molecule has 342 valence electrons. The number of nitrogens with one attached hydrogen (secondary N) is 1. The van der Waals surface area contributed by atoms with Gasteiger partial charge >= 0.3 is 5.97 Å². The van der Waals surface area contributed by atoms with Crippen LogP contribution in [0.4, 0.5) is 0 Å². The Balaban J connectivity index is 3.52. The number of hydrogen-bond donors (Lipinski definition) is 3. The fraction of sp³-hybridized carbons (Fsp3) is 0.885. The van der Waals surface area contributed by atoms with Crippen molar-refractivity contribution in [2.75, 3.05) is 13.2 Å². The number of hydrogen-bond acceptors (Lipinski definition) is 5. The van der Waals surface area contributed by atoms with Gasteiger partial charge in [0.15, 0.2) is 0 Å². The van der Waals surface area contributed by atoms with E-state index in [9.17, 15) is 19.8 Å². The lowest BCUT2D eigenvalue weighted by Crippen LogP contribution is -2.45. The topological polar surface area (TPSA) is 95.9 Å². The van der Waals surface area contributed by atoms with Gasteiger partial charge in [0.2, 0.25) is 5.91 Å². The van der Waals surface area contributed by atoms with Crippen LogP contribution in [-0.4, -0.2) is 47.4 Å². The zero-order valence-electron chi connectivity index (χ0n) is 38.8. The standard InChI is InChI=1S/C52H99NO5/c1-3-5-7-9-11-13-15-17-19-20-24-28-32-36-40-44-50(55)49(48-54)53-51(56)45-41-37-33-29-25-22-23-27-31-35-39-43-47-58-52(57)46-42-38-34-30-26-21-18-16-14-12-10-8-6-4-2/h16,18,23,27,49-50,54-55H,3-15,17,19-22,24-26,28-48H2,1-2H3,(H,53,56)/b18-16-,27-23-. The Bertz CT molecular complexity index is 904. The Hall–Kier alpha value is -1.66. The first-order valence-corrected chi connectivity index (χ1v) is 25.6. The van der Waals surface area contributed by atoms with Gasteiger partial charge in [-0.15, -0.1) is 0 Å². The maximum absolute atomic E-state index is 12.4. The van der Waals surface area contributed by atoms with Crippen LogP contribution >= 0.6 is 0 Å². The first kappa shape index (κ1) is 56.3. The molecule has 1 amide bonds. The average Bonchev–Trinajstić information content (AvgIpc) is 3.22. The van der Waals surface area contributed by atoms with Crippen molar-refractivity contribution in [2.24, 2.45) is 0 Å². The van der Waals surface area contributed by atoms with Crippen LogP contribution in [0.5, 0.6) is 0 Å². The number of aliphatic hydroxyl groups is 2. The highest BCUT2D eigenvalue weighted by Crippen LogP contribution is 2.16. The molecule has 0 aromatic rings. The van der Waals surface area contributed by atoms with Crippen LogP contribution in [-0.2, 0) is 14.3 Å². The van der Waals surface area contributed by atoms with Gasteiger partial charge in [-0.2, -0.15) is 0 Å². The van der Waals surface area contributed by atoms with Crippen LogP contribution < -0.4 is 5.32 Å². The minimum absolute atomic E-state index is 0.0314. The second-order valence-electron chi connectivity index (χ2n) is 17.5. The average molecular weight is 818 g/mol. The van der Waals surface area contributed by atoms with Crippen molar-refractivity contribution in [1.82, 2.24) is 5.32 Å². The van der Waals surface area contributed by atoms with Crippen LogP contribution in [0.3, 0.4) is 0 Å². The molecule has 58 heavy (non-hydrogen) atoms. The molecule has 0 aliphatic rings. The summed E-state index contributed by atoms with van der Waals surface area (Å²) in [6, 6.07) is -0.560. The maximum atomic E-state index is 12.4. The normalized spacial score (nSPS) is 12.8. The van der Waals surface area contributed by atoms with Crippen molar-refractivity contribution in [3.05, 3.63) is 24.3 Å². The number of amides is 1. The predicted molar refractivity (Wildman–Crippen MR) is 250 cm³/mol. The summed E-state index contributed by atoms with van der Waals surface area (Å²) in [6.45, 7) is 4.88. The largest absolute Gasteiger partial charge is 0.466 e. The first-order chi connectivity index (χ1) is 28.5. The molecule has 3 N–H and O–H groups in total. The minimum Gasteiger partial charge on any atom is -0.466 e. The molecular formula is C52H99NO5. The molecule has 0 bridgehead atoms. The zero-order valence-corrected chi connectivity index (χ0v) is 38.8. The fourth-order valence-electron chi connectivity index (χ4n) is 7.74. The summed E-state index contributed by atoms with van der Waals surface area (Å²) in [5.74, 6) is -0.0923. The van der Waals surface area contributed by atoms with Crippen molar-refractivity contribution in [3.63, 3.8) is 0 Å². The summed E-state index contributed by atoms with van der Waals surface area (Å²) >= 11 is 0. The fourth-order valence-corrected chi connectivity index (χ4v) is 7.74. The van der Waals surface area contributed by atoms with Gasteiger partial charge in [0.1, 0.15) is 0 Å². The number of aliphatic hydroxyl groups excluding tert-OH is 2. The van der Waals surface area contributed by atoms with E-state index in [1.54, 1.807) is 0 Å². The van der Waals surface area contributed by atoms with Crippen LogP contribution in [0.25, 0.3) is 0 Å². The van der Waals surface area contributed by atoms with Crippen molar-refractivity contribution < 1.29 is 24.5 Å². The third-order valence-electron chi connectivity index (χ3n) is 11.7. The smallest absolute Gasteiger partial charge is 0.305 e. The molecule has 0 saturated heterocycles. The molecule has 0 aromatic carbocycles. The van der Waals surface area contributed by atoms with E-state index in [4.69, 9.17) is 4.74 Å². The Labute approximate surface area is 361 Å². The molecule has 6 heteroatoms. The maximum Gasteiger partial charge on any atom is 0.305 e. The van der Waals surface area contributed by atoms with Gasteiger partial charge in [-0.25, -0.2) is 0 Å². The van der Waals surface area contributed by atoms with E-state index in [1.807, 2.05) is 0 Å². The monoisotopic (exact) mass is 818 g/mol. The molecule has 0 heterocycles. The number of carbonyl (C=O) groups excluding carboxylic acids is 2. The summed E-state index contributed by atoms with van der Waals surface area (Å²) < 4.78 is 5.44. The van der Waals surface area contributed by atoms with Gasteiger partial charge in [0, 0.05) is 12.8 Å². The number of ether oxygens (including phenoxy) is 1. The van der Waals surface area contributed by atoms with Crippen molar-refractivity contribution >= 4 is 11.9 Å². The molecule has 0 fully saturated rings. The van der Waals surface area contributed by atoms with Crippen LogP contribution in [0, 0.1) is 0 Å². The minimum atomic E-state index is -0.680. The second-order valence-corrected chi connectivity index (χ2v) is 17.5. The summed E-state index contributed by atoms with van der Waals surface area (Å²) in [5.41, 5.74) is 0. The molecule has 0 rings (SSSR count). The van der Waals surface area contributed by atoms with Crippen molar-refractivity contribution in [2.45, 2.75) is 283 Å². The number of rotatable bonds is 47. The summed E-state index contributed by atoms with van der Waals surface area (Å²) in [4.78, 5) is 24.4. The Kier molecular flexibility index (Phi) is 46.6. The van der Waals surface area contributed by atoms with Crippen molar-refractivity contribution in [3.8, 4) is 0 Å². The summed E-state index contributed by atoms with van der Waals surface area (Å²) in [7, 11) is 0. The SMILES string of the molecule is CCCCCCC/C=C\CCCCCCCC(=O)OCCCCC/C=C\CCCCCCCC(=O)NC(CO)C(O)CCCCCCCCCCCCCCCCC. The predicted octanol–water partition coefficient (Wildman–Crippen LogP) is 15.1.